The second-order valence-corrected chi connectivity index (χ2v) is 5.56. The minimum Gasteiger partial charge on any atom is -0.453 e. The van der Waals surface area contributed by atoms with E-state index in [1.807, 2.05) is 24.3 Å². The van der Waals surface area contributed by atoms with Crippen LogP contribution in [0.5, 0.6) is 0 Å². The summed E-state index contributed by atoms with van der Waals surface area (Å²) < 4.78 is 4.56. The number of benzene rings is 2. The second kappa shape index (κ2) is 7.05. The summed E-state index contributed by atoms with van der Waals surface area (Å²) >= 11 is 0. The van der Waals surface area contributed by atoms with Gasteiger partial charge in [-0.3, -0.25) is 5.32 Å². The molecule has 3 rings (SSSR count). The number of hydrogen-bond donors (Lipinski definition) is 2. The van der Waals surface area contributed by atoms with Gasteiger partial charge in [-0.1, -0.05) is 0 Å². The number of hydrogen-bond acceptors (Lipinski definition) is 4. The molecule has 1 aliphatic rings. The number of carbonyl (C=O) groups is 1. The van der Waals surface area contributed by atoms with Gasteiger partial charge in [-0.05, 0) is 61.4 Å². The monoisotopic (exact) mass is 311 g/mol. The van der Waals surface area contributed by atoms with E-state index in [1.165, 1.54) is 25.6 Å². The molecule has 5 heteroatoms. The fourth-order valence-corrected chi connectivity index (χ4v) is 2.70. The van der Waals surface area contributed by atoms with Crippen molar-refractivity contribution in [3.8, 4) is 0 Å². The average Bonchev–Trinajstić information content (AvgIpc) is 3.12. The van der Waals surface area contributed by atoms with Crippen LogP contribution in [0.2, 0.25) is 0 Å². The van der Waals surface area contributed by atoms with Crippen molar-refractivity contribution in [2.45, 2.75) is 12.8 Å². The summed E-state index contributed by atoms with van der Waals surface area (Å²) in [5.41, 5.74) is 3.99. The van der Waals surface area contributed by atoms with Crippen LogP contribution in [0, 0.1) is 0 Å². The van der Waals surface area contributed by atoms with E-state index in [0.717, 1.165) is 24.5 Å². The molecule has 0 saturated carbocycles. The highest BCUT2D eigenvalue weighted by molar-refractivity contribution is 5.84. The van der Waals surface area contributed by atoms with Crippen LogP contribution in [0.4, 0.5) is 27.5 Å². The Balaban J connectivity index is 1.61. The lowest BCUT2D eigenvalue weighted by Gasteiger charge is -2.18. The average molecular weight is 311 g/mol. The van der Waals surface area contributed by atoms with E-state index in [4.69, 9.17) is 0 Å². The topological polar surface area (TPSA) is 53.6 Å². The molecule has 2 N–H and O–H groups in total. The highest BCUT2D eigenvalue weighted by atomic mass is 16.5. The molecule has 1 heterocycles. The Kier molecular flexibility index (Phi) is 4.66. The summed E-state index contributed by atoms with van der Waals surface area (Å²) in [5.74, 6) is 0. The third kappa shape index (κ3) is 3.94. The quantitative estimate of drug-likeness (QED) is 0.888. The van der Waals surface area contributed by atoms with Crippen molar-refractivity contribution in [3.63, 3.8) is 0 Å². The smallest absolute Gasteiger partial charge is 0.411 e. The van der Waals surface area contributed by atoms with Gasteiger partial charge in [0.1, 0.15) is 0 Å². The number of nitrogens with one attached hydrogen (secondary N) is 2. The predicted octanol–water partition coefficient (Wildman–Crippen LogP) is 4.21. The molecule has 5 nitrogen and oxygen atoms in total. The van der Waals surface area contributed by atoms with E-state index in [2.05, 4.69) is 44.5 Å². The Morgan fingerprint density at radius 2 is 1.43 bits per heavy atom. The number of amides is 1. The number of nitrogens with zero attached hydrogens (tertiary/aromatic N) is 1. The van der Waals surface area contributed by atoms with E-state index in [1.54, 1.807) is 0 Å². The highest BCUT2D eigenvalue weighted by Gasteiger charge is 2.11. The van der Waals surface area contributed by atoms with Gasteiger partial charge in [0.15, 0.2) is 0 Å². The van der Waals surface area contributed by atoms with Crippen LogP contribution in [-0.2, 0) is 4.74 Å². The lowest BCUT2D eigenvalue weighted by Crippen LogP contribution is -2.17. The van der Waals surface area contributed by atoms with Crippen LogP contribution in [0.3, 0.4) is 0 Å². The van der Waals surface area contributed by atoms with E-state index < -0.39 is 6.09 Å². The van der Waals surface area contributed by atoms with Crippen molar-refractivity contribution < 1.29 is 9.53 Å². The molecular formula is C18H21N3O2. The summed E-state index contributed by atoms with van der Waals surface area (Å²) in [5, 5.41) is 5.98. The van der Waals surface area contributed by atoms with E-state index in [9.17, 15) is 4.79 Å². The Morgan fingerprint density at radius 1 is 0.913 bits per heavy atom. The van der Waals surface area contributed by atoms with Crippen molar-refractivity contribution in [3.05, 3.63) is 48.5 Å². The largest absolute Gasteiger partial charge is 0.453 e. The standard InChI is InChI=1S/C18H21N3O2/c1-23-18(22)20-16-6-4-14(5-7-16)19-15-8-10-17(11-9-15)21-12-2-3-13-21/h4-11,19H,2-3,12-13H2,1H3,(H,20,22). The SMILES string of the molecule is COC(=O)Nc1ccc(Nc2ccc(N3CCCC3)cc2)cc1. The van der Waals surface area contributed by atoms with Crippen LogP contribution >= 0.6 is 0 Å². The van der Waals surface area contributed by atoms with Gasteiger partial charge in [0.25, 0.3) is 0 Å². The number of rotatable bonds is 4. The zero-order chi connectivity index (χ0) is 16.1. The Labute approximate surface area is 136 Å². The van der Waals surface area contributed by atoms with Gasteiger partial charge < -0.3 is 15.0 Å². The van der Waals surface area contributed by atoms with Gasteiger partial charge in [0.05, 0.1) is 7.11 Å². The lowest BCUT2D eigenvalue weighted by atomic mass is 10.2. The third-order valence-corrected chi connectivity index (χ3v) is 3.94. The molecule has 2 aromatic carbocycles. The second-order valence-electron chi connectivity index (χ2n) is 5.56. The maximum atomic E-state index is 11.1. The first kappa shape index (κ1) is 15.2. The van der Waals surface area contributed by atoms with Crippen LogP contribution < -0.4 is 15.5 Å². The van der Waals surface area contributed by atoms with Crippen molar-refractivity contribution in [1.82, 2.24) is 0 Å². The normalized spacial score (nSPS) is 13.7. The molecule has 1 aliphatic heterocycles. The van der Waals surface area contributed by atoms with E-state index >= 15 is 0 Å². The molecule has 2 aromatic rings. The molecule has 1 amide bonds. The molecule has 1 fully saturated rings. The van der Waals surface area contributed by atoms with Crippen molar-refractivity contribution >= 4 is 28.8 Å². The van der Waals surface area contributed by atoms with Crippen LogP contribution in [0.25, 0.3) is 0 Å². The molecule has 0 atom stereocenters. The van der Waals surface area contributed by atoms with Crippen LogP contribution in [0.15, 0.2) is 48.5 Å². The van der Waals surface area contributed by atoms with Crippen LogP contribution in [-0.4, -0.2) is 26.3 Å². The number of methoxy groups -OCH3 is 1. The number of ether oxygens (including phenoxy) is 1. The van der Waals surface area contributed by atoms with Gasteiger partial charge >= 0.3 is 6.09 Å². The van der Waals surface area contributed by atoms with Crippen molar-refractivity contribution in [2.75, 3.05) is 35.7 Å². The minimum atomic E-state index is -0.469. The maximum Gasteiger partial charge on any atom is 0.411 e. The maximum absolute atomic E-state index is 11.1. The molecule has 23 heavy (non-hydrogen) atoms. The zero-order valence-electron chi connectivity index (χ0n) is 13.2. The van der Waals surface area contributed by atoms with Gasteiger partial charge in [-0.2, -0.15) is 0 Å². The van der Waals surface area contributed by atoms with Gasteiger partial charge in [-0.15, -0.1) is 0 Å². The zero-order valence-corrected chi connectivity index (χ0v) is 13.2. The Bertz CT molecular complexity index is 647. The fraction of sp³-hybridized carbons (Fsp3) is 0.278. The Hall–Kier alpha value is -2.69. The predicted molar refractivity (Wildman–Crippen MR) is 93.6 cm³/mol. The fourth-order valence-electron chi connectivity index (χ4n) is 2.70. The molecule has 0 unspecified atom stereocenters. The molecule has 0 spiro atoms. The third-order valence-electron chi connectivity index (χ3n) is 3.94. The molecular weight excluding hydrogens is 290 g/mol. The first-order valence-electron chi connectivity index (χ1n) is 7.82. The highest BCUT2D eigenvalue weighted by Crippen LogP contribution is 2.24. The van der Waals surface area contributed by atoms with Gasteiger partial charge in [0, 0.05) is 35.8 Å². The van der Waals surface area contributed by atoms with Gasteiger partial charge in [-0.25, -0.2) is 4.79 Å². The molecule has 120 valence electrons. The van der Waals surface area contributed by atoms with E-state index in [0.29, 0.717) is 5.69 Å². The lowest BCUT2D eigenvalue weighted by molar-refractivity contribution is 0.187. The minimum absolute atomic E-state index is 0.469. The van der Waals surface area contributed by atoms with Crippen molar-refractivity contribution in [1.29, 1.82) is 0 Å². The van der Waals surface area contributed by atoms with Gasteiger partial charge in [0.2, 0.25) is 0 Å². The summed E-state index contributed by atoms with van der Waals surface area (Å²) in [6.45, 7) is 2.31. The van der Waals surface area contributed by atoms with Crippen LogP contribution in [0.1, 0.15) is 12.8 Å². The molecule has 0 bridgehead atoms. The summed E-state index contributed by atoms with van der Waals surface area (Å²) in [7, 11) is 1.34. The first-order valence-corrected chi connectivity index (χ1v) is 7.82. The number of carbonyl (C=O) groups excluding carboxylic acids is 1. The van der Waals surface area contributed by atoms with Crippen molar-refractivity contribution in [2.24, 2.45) is 0 Å². The Morgan fingerprint density at radius 3 is 2.00 bits per heavy atom. The molecule has 0 aliphatic carbocycles. The molecule has 1 saturated heterocycles. The summed E-state index contributed by atoms with van der Waals surface area (Å²) in [4.78, 5) is 13.6. The molecule has 0 radical (unpaired) electrons. The summed E-state index contributed by atoms with van der Waals surface area (Å²) in [6, 6.07) is 16.0. The van der Waals surface area contributed by atoms with E-state index in [-0.39, 0.29) is 0 Å². The molecule has 0 aromatic heterocycles. The first-order chi connectivity index (χ1) is 11.2. The number of anilines is 4. The summed E-state index contributed by atoms with van der Waals surface area (Å²) in [6.07, 6.45) is 2.10.